The monoisotopic (exact) mass is 193 g/mol. The van der Waals surface area contributed by atoms with Crippen molar-refractivity contribution in [2.45, 2.75) is 33.6 Å². The fourth-order valence-electron chi connectivity index (χ4n) is 1.23. The predicted octanol–water partition coefficient (Wildman–Crippen LogP) is 3.07. The first-order chi connectivity index (χ1) is 6.51. The summed E-state index contributed by atoms with van der Waals surface area (Å²) in [4.78, 5) is 4.13. The Kier molecular flexibility index (Phi) is 3.50. The number of nitrogens with zero attached hydrogens (tertiary/aromatic N) is 1. The van der Waals surface area contributed by atoms with E-state index in [0.717, 1.165) is 12.2 Å². The highest BCUT2D eigenvalue weighted by Crippen LogP contribution is 2.22. The van der Waals surface area contributed by atoms with Crippen molar-refractivity contribution in [3.63, 3.8) is 0 Å². The summed E-state index contributed by atoms with van der Waals surface area (Å²) in [5.41, 5.74) is 1.63. The van der Waals surface area contributed by atoms with Gasteiger partial charge in [-0.3, -0.25) is 4.98 Å². The van der Waals surface area contributed by atoms with Gasteiger partial charge in [-0.25, -0.2) is 0 Å². The van der Waals surface area contributed by atoms with Gasteiger partial charge >= 0.3 is 0 Å². The van der Waals surface area contributed by atoms with Crippen molar-refractivity contribution in [2.24, 2.45) is 5.41 Å². The van der Waals surface area contributed by atoms with Crippen LogP contribution in [0.1, 0.15) is 32.8 Å². The molecule has 1 aromatic heterocycles. The zero-order valence-corrected chi connectivity index (χ0v) is 9.50. The summed E-state index contributed by atoms with van der Waals surface area (Å²) >= 11 is 0. The van der Waals surface area contributed by atoms with E-state index >= 15 is 0 Å². The van der Waals surface area contributed by atoms with E-state index in [9.17, 15) is 0 Å². The maximum atomic E-state index is 5.12. The molecule has 0 saturated carbocycles. The minimum atomic E-state index is 0.378. The number of methoxy groups -OCH3 is 1. The molecule has 0 spiro atoms. The molecule has 2 heteroatoms. The molecule has 0 atom stereocenters. The Morgan fingerprint density at radius 2 is 2.00 bits per heavy atom. The highest BCUT2D eigenvalue weighted by atomic mass is 16.5. The Morgan fingerprint density at radius 1 is 1.29 bits per heavy atom. The lowest BCUT2D eigenvalue weighted by Crippen LogP contribution is -2.06. The van der Waals surface area contributed by atoms with Crippen LogP contribution < -0.4 is 4.74 Å². The molecular formula is C12H19NO. The molecule has 0 aliphatic rings. The summed E-state index contributed by atoms with van der Waals surface area (Å²) in [7, 11) is 1.67. The van der Waals surface area contributed by atoms with Gasteiger partial charge in [0.05, 0.1) is 13.3 Å². The molecule has 0 unspecified atom stereocenters. The number of aromatic nitrogens is 1. The first-order valence-electron chi connectivity index (χ1n) is 4.99. The molecule has 14 heavy (non-hydrogen) atoms. The minimum absolute atomic E-state index is 0.378. The van der Waals surface area contributed by atoms with Crippen LogP contribution in [0.15, 0.2) is 18.5 Å². The van der Waals surface area contributed by atoms with E-state index in [4.69, 9.17) is 4.74 Å². The third-order valence-electron chi connectivity index (χ3n) is 2.17. The van der Waals surface area contributed by atoms with Gasteiger partial charge in [-0.2, -0.15) is 0 Å². The Labute approximate surface area is 86.3 Å². The largest absolute Gasteiger partial charge is 0.495 e. The number of ether oxygens (including phenoxy) is 1. The highest BCUT2D eigenvalue weighted by Gasteiger charge is 2.10. The van der Waals surface area contributed by atoms with E-state index in [2.05, 4.69) is 31.8 Å². The Morgan fingerprint density at radius 3 is 2.57 bits per heavy atom. The zero-order valence-electron chi connectivity index (χ0n) is 9.50. The van der Waals surface area contributed by atoms with Gasteiger partial charge in [0.2, 0.25) is 0 Å². The lowest BCUT2D eigenvalue weighted by Gasteiger charge is -2.17. The van der Waals surface area contributed by atoms with Crippen LogP contribution in [-0.2, 0) is 6.42 Å². The molecule has 0 bridgehead atoms. The molecule has 1 heterocycles. The lowest BCUT2D eigenvalue weighted by molar-refractivity contribution is 0.376. The number of hydrogen-bond donors (Lipinski definition) is 0. The van der Waals surface area contributed by atoms with Crippen molar-refractivity contribution < 1.29 is 4.74 Å². The maximum Gasteiger partial charge on any atom is 0.137 e. The first kappa shape index (κ1) is 11.0. The molecule has 2 nitrogen and oxygen atoms in total. The van der Waals surface area contributed by atoms with Crippen molar-refractivity contribution in [2.75, 3.05) is 7.11 Å². The SMILES string of the molecule is COc1cncc(CCC(C)(C)C)c1. The van der Waals surface area contributed by atoms with Crippen molar-refractivity contribution in [3.05, 3.63) is 24.0 Å². The second-order valence-corrected chi connectivity index (χ2v) is 4.79. The number of hydrogen-bond acceptors (Lipinski definition) is 2. The van der Waals surface area contributed by atoms with Crippen molar-refractivity contribution >= 4 is 0 Å². The van der Waals surface area contributed by atoms with Crippen LogP contribution in [0.5, 0.6) is 5.75 Å². The lowest BCUT2D eigenvalue weighted by atomic mass is 9.89. The van der Waals surface area contributed by atoms with Gasteiger partial charge in [0, 0.05) is 6.20 Å². The molecule has 1 aromatic rings. The molecule has 1 rings (SSSR count). The molecule has 0 radical (unpaired) electrons. The third-order valence-corrected chi connectivity index (χ3v) is 2.17. The molecule has 0 fully saturated rings. The van der Waals surface area contributed by atoms with Gasteiger partial charge in [-0.15, -0.1) is 0 Å². The molecule has 0 aromatic carbocycles. The van der Waals surface area contributed by atoms with Crippen LogP contribution >= 0.6 is 0 Å². The second kappa shape index (κ2) is 4.45. The molecule has 0 aliphatic carbocycles. The third kappa shape index (κ3) is 3.77. The van der Waals surface area contributed by atoms with Crippen LogP contribution in [0.4, 0.5) is 0 Å². The van der Waals surface area contributed by atoms with Gasteiger partial charge in [0.1, 0.15) is 5.75 Å². The summed E-state index contributed by atoms with van der Waals surface area (Å²) in [6.45, 7) is 6.75. The molecule has 0 amide bonds. The molecule has 0 saturated heterocycles. The number of rotatable bonds is 3. The van der Waals surface area contributed by atoms with Crippen molar-refractivity contribution in [1.82, 2.24) is 4.98 Å². The van der Waals surface area contributed by atoms with Crippen LogP contribution in [0.3, 0.4) is 0 Å². The smallest absolute Gasteiger partial charge is 0.137 e. The van der Waals surface area contributed by atoms with Crippen LogP contribution in [0, 0.1) is 5.41 Å². The summed E-state index contributed by atoms with van der Waals surface area (Å²) in [5, 5.41) is 0. The van der Waals surface area contributed by atoms with Gasteiger partial charge in [-0.1, -0.05) is 20.8 Å². The molecular weight excluding hydrogens is 174 g/mol. The van der Waals surface area contributed by atoms with E-state index in [0.29, 0.717) is 5.41 Å². The molecule has 0 aliphatic heterocycles. The number of pyridine rings is 1. The van der Waals surface area contributed by atoms with Crippen LogP contribution in [0.2, 0.25) is 0 Å². The van der Waals surface area contributed by atoms with E-state index in [1.54, 1.807) is 13.3 Å². The van der Waals surface area contributed by atoms with Crippen molar-refractivity contribution in [1.29, 1.82) is 0 Å². The normalized spacial score (nSPS) is 11.4. The van der Waals surface area contributed by atoms with Gasteiger partial charge in [0.25, 0.3) is 0 Å². The van der Waals surface area contributed by atoms with Gasteiger partial charge in [-0.05, 0) is 29.9 Å². The maximum absolute atomic E-state index is 5.12. The Bertz CT molecular complexity index is 289. The fourth-order valence-corrected chi connectivity index (χ4v) is 1.23. The standard InChI is InChI=1S/C12H19NO/c1-12(2,3)6-5-10-7-11(14-4)9-13-8-10/h7-9H,5-6H2,1-4H3. The topological polar surface area (TPSA) is 22.1 Å². The summed E-state index contributed by atoms with van der Waals surface area (Å²) in [6, 6.07) is 2.05. The average Bonchev–Trinajstić information content (AvgIpc) is 2.14. The van der Waals surface area contributed by atoms with Crippen LogP contribution in [-0.4, -0.2) is 12.1 Å². The average molecular weight is 193 g/mol. The van der Waals surface area contributed by atoms with E-state index < -0.39 is 0 Å². The molecule has 0 N–H and O–H groups in total. The fraction of sp³-hybridized carbons (Fsp3) is 0.583. The van der Waals surface area contributed by atoms with E-state index in [-0.39, 0.29) is 0 Å². The summed E-state index contributed by atoms with van der Waals surface area (Å²) < 4.78 is 5.12. The van der Waals surface area contributed by atoms with Gasteiger partial charge in [0.15, 0.2) is 0 Å². The Balaban J connectivity index is 2.59. The second-order valence-electron chi connectivity index (χ2n) is 4.79. The van der Waals surface area contributed by atoms with Crippen LogP contribution in [0.25, 0.3) is 0 Å². The summed E-state index contributed by atoms with van der Waals surface area (Å²) in [5.74, 6) is 0.844. The zero-order chi connectivity index (χ0) is 10.6. The van der Waals surface area contributed by atoms with Crippen molar-refractivity contribution in [3.8, 4) is 5.75 Å². The number of aryl methyl sites for hydroxylation is 1. The highest BCUT2D eigenvalue weighted by molar-refractivity contribution is 5.23. The van der Waals surface area contributed by atoms with Gasteiger partial charge < -0.3 is 4.74 Å². The van der Waals surface area contributed by atoms with E-state index in [1.165, 1.54) is 12.0 Å². The first-order valence-corrected chi connectivity index (χ1v) is 4.99. The Hall–Kier alpha value is -1.05. The minimum Gasteiger partial charge on any atom is -0.495 e. The predicted molar refractivity (Wildman–Crippen MR) is 58.6 cm³/mol. The molecule has 78 valence electrons. The van der Waals surface area contributed by atoms with E-state index in [1.807, 2.05) is 6.20 Å². The summed E-state index contributed by atoms with van der Waals surface area (Å²) in [6.07, 6.45) is 5.88. The quantitative estimate of drug-likeness (QED) is 0.736.